The number of nitrogens with zero attached hydrogens (tertiary/aromatic N) is 4. The van der Waals surface area contributed by atoms with Crippen molar-refractivity contribution in [2.45, 2.75) is 38.6 Å². The third-order valence-electron chi connectivity index (χ3n) is 6.24. The summed E-state index contributed by atoms with van der Waals surface area (Å²) < 4.78 is 16.3. The molecule has 0 aliphatic carbocycles. The zero-order valence-corrected chi connectivity index (χ0v) is 18.2. The van der Waals surface area contributed by atoms with E-state index in [1.807, 2.05) is 24.4 Å². The number of aromatic nitrogens is 4. The van der Waals surface area contributed by atoms with Gasteiger partial charge in [0, 0.05) is 19.4 Å². The van der Waals surface area contributed by atoms with Crippen LogP contribution >= 0.6 is 0 Å². The van der Waals surface area contributed by atoms with E-state index in [1.165, 1.54) is 24.5 Å². The van der Waals surface area contributed by atoms with Gasteiger partial charge in [-0.1, -0.05) is 48.5 Å². The number of piperidine rings is 1. The smallest absolute Gasteiger partial charge is 0.163 e. The summed E-state index contributed by atoms with van der Waals surface area (Å²) in [5.41, 5.74) is 3.65. The minimum atomic E-state index is -0.173. The predicted octanol–water partition coefficient (Wildman–Crippen LogP) is 4.34. The normalized spacial score (nSPS) is 16.5. The third-order valence-corrected chi connectivity index (χ3v) is 6.24. The minimum absolute atomic E-state index is 0.173. The van der Waals surface area contributed by atoms with E-state index in [9.17, 15) is 4.39 Å². The van der Waals surface area contributed by atoms with Crippen LogP contribution in [0.15, 0.2) is 60.8 Å². The standard InChI is InChI=1S/C26H28FN5/c27-22-11-5-4-10-21(22)12-13-24-29-17-23-26(31-24)32(18-20-9-6-14-28-16-20)25(30-23)15-19-7-2-1-3-8-19/h1-5,7-8,10-11,17,20,28H,6,9,12-16,18H2. The third kappa shape index (κ3) is 4.70. The summed E-state index contributed by atoms with van der Waals surface area (Å²) in [6.07, 6.45) is 6.18. The number of hydrogen-bond donors (Lipinski definition) is 1. The van der Waals surface area contributed by atoms with Crippen LogP contribution in [0.25, 0.3) is 11.2 Å². The first kappa shape index (κ1) is 20.8. The molecule has 1 unspecified atom stereocenters. The second-order valence-corrected chi connectivity index (χ2v) is 8.60. The van der Waals surface area contributed by atoms with Gasteiger partial charge in [-0.3, -0.25) is 0 Å². The Balaban J connectivity index is 1.45. The zero-order valence-electron chi connectivity index (χ0n) is 18.2. The van der Waals surface area contributed by atoms with Crippen molar-refractivity contribution in [2.75, 3.05) is 13.1 Å². The lowest BCUT2D eigenvalue weighted by Crippen LogP contribution is -2.32. The van der Waals surface area contributed by atoms with Crippen LogP contribution in [0.2, 0.25) is 0 Å². The maximum atomic E-state index is 14.0. The van der Waals surface area contributed by atoms with Gasteiger partial charge in [0.05, 0.1) is 6.20 Å². The number of benzene rings is 2. The Kier molecular flexibility index (Phi) is 6.21. The van der Waals surface area contributed by atoms with Crippen LogP contribution in [0.3, 0.4) is 0 Å². The molecule has 164 valence electrons. The Morgan fingerprint density at radius 2 is 1.84 bits per heavy atom. The van der Waals surface area contributed by atoms with Crippen LogP contribution in [-0.2, 0) is 25.8 Å². The number of nitrogens with one attached hydrogen (secondary N) is 1. The highest BCUT2D eigenvalue weighted by Gasteiger charge is 2.20. The van der Waals surface area contributed by atoms with Crippen molar-refractivity contribution in [1.82, 2.24) is 24.8 Å². The van der Waals surface area contributed by atoms with Gasteiger partial charge in [-0.05, 0) is 55.5 Å². The molecular weight excluding hydrogens is 401 g/mol. The van der Waals surface area contributed by atoms with Crippen molar-refractivity contribution in [3.05, 3.63) is 89.4 Å². The molecule has 2 aromatic heterocycles. The lowest BCUT2D eigenvalue weighted by Gasteiger charge is -2.24. The summed E-state index contributed by atoms with van der Waals surface area (Å²) in [5.74, 6) is 2.15. The first-order valence-electron chi connectivity index (χ1n) is 11.5. The maximum Gasteiger partial charge on any atom is 0.163 e. The number of rotatable bonds is 7. The highest BCUT2D eigenvalue weighted by atomic mass is 19.1. The van der Waals surface area contributed by atoms with Crippen molar-refractivity contribution in [3.63, 3.8) is 0 Å². The monoisotopic (exact) mass is 429 g/mol. The van der Waals surface area contributed by atoms with Gasteiger partial charge < -0.3 is 9.88 Å². The van der Waals surface area contributed by atoms with Gasteiger partial charge in [0.1, 0.15) is 23.0 Å². The van der Waals surface area contributed by atoms with E-state index in [-0.39, 0.29) is 5.82 Å². The molecular formula is C26H28FN5. The predicted molar refractivity (Wildman–Crippen MR) is 124 cm³/mol. The highest BCUT2D eigenvalue weighted by molar-refractivity contribution is 5.70. The van der Waals surface area contributed by atoms with Gasteiger partial charge in [-0.2, -0.15) is 0 Å². The molecule has 3 heterocycles. The first-order valence-corrected chi connectivity index (χ1v) is 11.5. The molecule has 6 heteroatoms. The fourth-order valence-corrected chi connectivity index (χ4v) is 4.51. The van der Waals surface area contributed by atoms with Crippen molar-refractivity contribution in [2.24, 2.45) is 5.92 Å². The van der Waals surface area contributed by atoms with E-state index in [0.29, 0.717) is 24.3 Å². The maximum absolute atomic E-state index is 14.0. The summed E-state index contributed by atoms with van der Waals surface area (Å²) in [6, 6.07) is 17.3. The van der Waals surface area contributed by atoms with Crippen molar-refractivity contribution in [1.29, 1.82) is 0 Å². The van der Waals surface area contributed by atoms with E-state index < -0.39 is 0 Å². The average molecular weight is 430 g/mol. The van der Waals surface area contributed by atoms with Gasteiger partial charge >= 0.3 is 0 Å². The fourth-order valence-electron chi connectivity index (χ4n) is 4.51. The molecule has 2 aromatic carbocycles. The molecule has 0 spiro atoms. The van der Waals surface area contributed by atoms with Crippen molar-refractivity contribution in [3.8, 4) is 0 Å². The Bertz CT molecular complexity index is 1180. The number of halogens is 1. The molecule has 32 heavy (non-hydrogen) atoms. The molecule has 0 bridgehead atoms. The second kappa shape index (κ2) is 9.57. The summed E-state index contributed by atoms with van der Waals surface area (Å²) in [5, 5.41) is 3.52. The highest BCUT2D eigenvalue weighted by Crippen LogP contribution is 2.22. The van der Waals surface area contributed by atoms with E-state index in [0.717, 1.165) is 48.9 Å². The summed E-state index contributed by atoms with van der Waals surface area (Å²) in [6.45, 7) is 3.02. The molecule has 0 saturated carbocycles. The van der Waals surface area contributed by atoms with Crippen molar-refractivity contribution < 1.29 is 4.39 Å². The molecule has 1 atom stereocenters. The fraction of sp³-hybridized carbons (Fsp3) is 0.346. The zero-order chi connectivity index (χ0) is 21.8. The Morgan fingerprint density at radius 3 is 2.66 bits per heavy atom. The van der Waals surface area contributed by atoms with Crippen LogP contribution in [0, 0.1) is 11.7 Å². The van der Waals surface area contributed by atoms with Crippen LogP contribution in [0.1, 0.15) is 35.6 Å². The van der Waals surface area contributed by atoms with Crippen LogP contribution < -0.4 is 5.32 Å². The second-order valence-electron chi connectivity index (χ2n) is 8.60. The molecule has 5 rings (SSSR count). The number of aryl methyl sites for hydroxylation is 2. The SMILES string of the molecule is Fc1ccccc1CCc1ncc2nc(Cc3ccccc3)n(CC3CCCNC3)c2n1. The summed E-state index contributed by atoms with van der Waals surface area (Å²) >= 11 is 0. The molecule has 5 nitrogen and oxygen atoms in total. The molecule has 1 fully saturated rings. The lowest BCUT2D eigenvalue weighted by atomic mass is 9.99. The van der Waals surface area contributed by atoms with E-state index in [1.54, 1.807) is 6.07 Å². The Labute approximate surface area is 187 Å². The van der Waals surface area contributed by atoms with Crippen LogP contribution in [-0.4, -0.2) is 32.6 Å². The molecule has 0 radical (unpaired) electrons. The lowest BCUT2D eigenvalue weighted by molar-refractivity contribution is 0.337. The molecule has 1 aliphatic heterocycles. The van der Waals surface area contributed by atoms with E-state index in [2.05, 4.69) is 39.1 Å². The van der Waals surface area contributed by atoms with Crippen LogP contribution in [0.5, 0.6) is 0 Å². The Morgan fingerprint density at radius 1 is 1.00 bits per heavy atom. The summed E-state index contributed by atoms with van der Waals surface area (Å²) in [4.78, 5) is 14.3. The number of fused-ring (bicyclic) bond motifs is 1. The van der Waals surface area contributed by atoms with Gasteiger partial charge in [-0.15, -0.1) is 0 Å². The van der Waals surface area contributed by atoms with Crippen molar-refractivity contribution >= 4 is 11.2 Å². The average Bonchev–Trinajstić information content (AvgIpc) is 3.16. The van der Waals surface area contributed by atoms with E-state index in [4.69, 9.17) is 9.97 Å². The number of imidazole rings is 1. The van der Waals surface area contributed by atoms with E-state index >= 15 is 0 Å². The topological polar surface area (TPSA) is 55.6 Å². The Hall–Kier alpha value is -3.12. The molecule has 1 aliphatic rings. The van der Waals surface area contributed by atoms with Gasteiger partial charge in [-0.25, -0.2) is 19.3 Å². The largest absolute Gasteiger partial charge is 0.316 e. The minimum Gasteiger partial charge on any atom is -0.316 e. The molecule has 4 aromatic rings. The number of hydrogen-bond acceptors (Lipinski definition) is 4. The quantitative estimate of drug-likeness (QED) is 0.475. The molecule has 0 amide bonds. The summed E-state index contributed by atoms with van der Waals surface area (Å²) in [7, 11) is 0. The van der Waals surface area contributed by atoms with Gasteiger partial charge in [0.2, 0.25) is 0 Å². The van der Waals surface area contributed by atoms with Crippen LogP contribution in [0.4, 0.5) is 4.39 Å². The first-order chi connectivity index (χ1) is 15.8. The molecule has 1 saturated heterocycles. The molecule has 1 N–H and O–H groups in total. The van der Waals surface area contributed by atoms with Gasteiger partial charge in [0.25, 0.3) is 0 Å². The van der Waals surface area contributed by atoms with Gasteiger partial charge in [0.15, 0.2) is 5.65 Å².